The highest BCUT2D eigenvalue weighted by Gasteiger charge is 2.69. The number of aromatic nitrogens is 1. The maximum Gasteiger partial charge on any atom is 0.433 e. The Morgan fingerprint density at radius 2 is 1.97 bits per heavy atom. The van der Waals surface area contributed by atoms with Crippen LogP contribution in [0.1, 0.15) is 18.2 Å². The Morgan fingerprint density at radius 1 is 1.24 bits per heavy atom. The fourth-order valence-electron chi connectivity index (χ4n) is 3.50. The number of alkyl halides is 2. The number of ether oxygens (including phenoxy) is 2. The van der Waals surface area contributed by atoms with E-state index in [4.69, 9.17) is 9.47 Å². The molecule has 1 unspecified atom stereocenters. The lowest BCUT2D eigenvalue weighted by Crippen LogP contribution is -2.52. The number of methoxy groups -OCH3 is 1. The van der Waals surface area contributed by atoms with Gasteiger partial charge in [0.25, 0.3) is 0 Å². The molecule has 2 aromatic rings. The maximum atomic E-state index is 15.3. The van der Waals surface area contributed by atoms with Crippen LogP contribution >= 0.6 is 0 Å². The first-order valence-electron chi connectivity index (χ1n) is 8.35. The Labute approximate surface area is 161 Å². The van der Waals surface area contributed by atoms with Crippen molar-refractivity contribution in [1.82, 2.24) is 10.3 Å². The fraction of sp³-hybridized carbons (Fsp3) is 0.211. The third-order valence-electron chi connectivity index (χ3n) is 4.68. The van der Waals surface area contributed by atoms with Crippen LogP contribution in [-0.4, -0.2) is 30.0 Å². The Bertz CT molecular complexity index is 1100. The minimum Gasteiger partial charge on any atom is -0.466 e. The van der Waals surface area contributed by atoms with Gasteiger partial charge < -0.3 is 14.8 Å². The van der Waals surface area contributed by atoms with Crippen LogP contribution in [0.2, 0.25) is 0 Å². The Hall–Kier alpha value is -3.43. The number of fused-ring (bicyclic) bond motifs is 2. The molecule has 10 heteroatoms. The molecule has 1 spiro atoms. The van der Waals surface area contributed by atoms with E-state index >= 15 is 8.78 Å². The number of esters is 1. The molecule has 1 aromatic heterocycles. The van der Waals surface area contributed by atoms with E-state index in [2.05, 4.69) is 15.3 Å². The molecule has 4 rings (SSSR count). The summed E-state index contributed by atoms with van der Waals surface area (Å²) in [7, 11) is 1.04. The minimum absolute atomic E-state index is 0.0626. The topological polar surface area (TPSA) is 72.8 Å². The standard InChI is InChI=1S/C19H13F4N3O3/c1-9-14(17(27)28-2)18(11-5-3-4-6-13(11)29-19(18,22)23)26-16(25-9)15-12(21)7-10(20)8-24-15/h3-8H,1-2H3,(H,25,26). The number of rotatable bonds is 2. The lowest BCUT2D eigenvalue weighted by Gasteiger charge is -2.35. The van der Waals surface area contributed by atoms with Crippen LogP contribution in [0.4, 0.5) is 17.6 Å². The van der Waals surface area contributed by atoms with E-state index in [1.165, 1.54) is 31.2 Å². The minimum atomic E-state index is -4.01. The van der Waals surface area contributed by atoms with Crippen LogP contribution in [0, 0.1) is 11.6 Å². The molecule has 0 bridgehead atoms. The van der Waals surface area contributed by atoms with Gasteiger partial charge in [-0.15, -0.1) is 0 Å². The molecular weight excluding hydrogens is 394 g/mol. The number of hydrogen-bond donors (Lipinski definition) is 1. The van der Waals surface area contributed by atoms with Gasteiger partial charge in [-0.05, 0) is 13.0 Å². The number of carbonyl (C=O) groups excluding carboxylic acids is 1. The van der Waals surface area contributed by atoms with Crippen molar-refractivity contribution >= 4 is 11.8 Å². The van der Waals surface area contributed by atoms with Gasteiger partial charge in [-0.1, -0.05) is 18.2 Å². The summed E-state index contributed by atoms with van der Waals surface area (Å²) < 4.78 is 67.6. The number of hydrogen-bond acceptors (Lipinski definition) is 6. The Balaban J connectivity index is 2.04. The average molecular weight is 407 g/mol. The van der Waals surface area contributed by atoms with Gasteiger partial charge in [-0.2, -0.15) is 8.78 Å². The molecular formula is C19H13F4N3O3. The Morgan fingerprint density at radius 3 is 2.66 bits per heavy atom. The summed E-state index contributed by atoms with van der Waals surface area (Å²) in [5.74, 6) is -3.72. The lowest BCUT2D eigenvalue weighted by molar-refractivity contribution is -0.203. The molecule has 6 nitrogen and oxygen atoms in total. The molecule has 150 valence electrons. The molecule has 0 amide bonds. The molecule has 1 atom stereocenters. The van der Waals surface area contributed by atoms with Crippen molar-refractivity contribution in [1.29, 1.82) is 0 Å². The number of carbonyl (C=O) groups is 1. The van der Waals surface area contributed by atoms with Gasteiger partial charge in [0.2, 0.25) is 5.54 Å². The smallest absolute Gasteiger partial charge is 0.433 e. The maximum absolute atomic E-state index is 15.3. The average Bonchev–Trinajstić information content (AvgIpc) is 2.87. The van der Waals surface area contributed by atoms with Crippen molar-refractivity contribution < 1.29 is 31.8 Å². The van der Waals surface area contributed by atoms with E-state index in [9.17, 15) is 13.6 Å². The van der Waals surface area contributed by atoms with E-state index in [1.54, 1.807) is 0 Å². The molecule has 3 heterocycles. The molecule has 29 heavy (non-hydrogen) atoms. The van der Waals surface area contributed by atoms with Crippen LogP contribution in [-0.2, 0) is 15.1 Å². The van der Waals surface area contributed by atoms with Gasteiger partial charge in [0.1, 0.15) is 17.3 Å². The number of pyridine rings is 1. The molecule has 1 N–H and O–H groups in total. The van der Waals surface area contributed by atoms with Crippen molar-refractivity contribution in [2.75, 3.05) is 7.11 Å². The number of allylic oxidation sites excluding steroid dienone is 1. The summed E-state index contributed by atoms with van der Waals surface area (Å²) in [6, 6.07) is 6.13. The predicted octanol–water partition coefficient (Wildman–Crippen LogP) is 3.04. The highest BCUT2D eigenvalue weighted by molar-refractivity contribution is 6.04. The number of nitrogens with zero attached hydrogens (tertiary/aromatic N) is 2. The molecule has 1 aromatic carbocycles. The quantitative estimate of drug-likeness (QED) is 0.612. The second kappa shape index (κ2) is 6.29. The number of benzene rings is 1. The monoisotopic (exact) mass is 407 g/mol. The first kappa shape index (κ1) is 18.9. The van der Waals surface area contributed by atoms with Crippen LogP contribution < -0.4 is 10.1 Å². The highest BCUT2D eigenvalue weighted by atomic mass is 19.3. The number of halogens is 4. The zero-order chi connectivity index (χ0) is 21.0. The van der Waals surface area contributed by atoms with Crippen molar-refractivity contribution in [3.05, 3.63) is 70.7 Å². The molecule has 2 aliphatic rings. The largest absolute Gasteiger partial charge is 0.466 e. The number of aliphatic imine (C=N–C) groups is 1. The SMILES string of the molecule is COC(=O)C1=C(C)NC(c2ncc(F)cc2F)=NC12c1ccccc1OC2(F)F. The number of amidine groups is 1. The molecule has 0 saturated heterocycles. The third kappa shape index (κ3) is 2.59. The highest BCUT2D eigenvalue weighted by Crippen LogP contribution is 2.57. The van der Waals surface area contributed by atoms with E-state index in [-0.39, 0.29) is 17.0 Å². The molecule has 0 saturated carbocycles. The molecule has 0 fully saturated rings. The van der Waals surface area contributed by atoms with Gasteiger partial charge in [-0.3, -0.25) is 0 Å². The van der Waals surface area contributed by atoms with E-state index < -0.39 is 46.4 Å². The first-order valence-corrected chi connectivity index (χ1v) is 8.35. The van der Waals surface area contributed by atoms with Gasteiger partial charge in [-0.25, -0.2) is 23.6 Å². The van der Waals surface area contributed by atoms with Gasteiger partial charge >= 0.3 is 12.1 Å². The summed E-state index contributed by atoms with van der Waals surface area (Å²) in [6.45, 7) is 1.33. The van der Waals surface area contributed by atoms with Gasteiger partial charge in [0, 0.05) is 17.3 Å². The zero-order valence-electron chi connectivity index (χ0n) is 15.1. The number of nitrogens with one attached hydrogen (secondary N) is 1. The molecule has 0 aliphatic carbocycles. The zero-order valence-corrected chi connectivity index (χ0v) is 15.1. The van der Waals surface area contributed by atoms with Gasteiger partial charge in [0.05, 0.1) is 18.9 Å². The van der Waals surface area contributed by atoms with Crippen LogP contribution in [0.3, 0.4) is 0 Å². The fourth-order valence-corrected chi connectivity index (χ4v) is 3.50. The summed E-state index contributed by atoms with van der Waals surface area (Å²) in [4.78, 5) is 20.1. The lowest BCUT2D eigenvalue weighted by atomic mass is 9.80. The van der Waals surface area contributed by atoms with Crippen molar-refractivity contribution in [2.45, 2.75) is 18.6 Å². The molecule has 0 radical (unpaired) electrons. The van der Waals surface area contributed by atoms with Crippen LogP contribution in [0.5, 0.6) is 5.75 Å². The summed E-state index contributed by atoms with van der Waals surface area (Å²) in [5.41, 5.74) is -3.81. The van der Waals surface area contributed by atoms with Crippen molar-refractivity contribution in [3.8, 4) is 5.75 Å². The van der Waals surface area contributed by atoms with Crippen molar-refractivity contribution in [3.63, 3.8) is 0 Å². The number of para-hydroxylation sites is 1. The summed E-state index contributed by atoms with van der Waals surface area (Å²) >= 11 is 0. The second-order valence-electron chi connectivity index (χ2n) is 6.39. The first-order chi connectivity index (χ1) is 13.7. The van der Waals surface area contributed by atoms with Crippen LogP contribution in [0.25, 0.3) is 0 Å². The van der Waals surface area contributed by atoms with Gasteiger partial charge in [0.15, 0.2) is 11.7 Å². The molecule has 2 aliphatic heterocycles. The predicted molar refractivity (Wildman–Crippen MR) is 92.2 cm³/mol. The van der Waals surface area contributed by atoms with E-state index in [0.29, 0.717) is 6.07 Å². The van der Waals surface area contributed by atoms with E-state index in [1.807, 2.05) is 0 Å². The summed E-state index contributed by atoms with van der Waals surface area (Å²) in [5, 5.41) is 2.59. The van der Waals surface area contributed by atoms with E-state index in [0.717, 1.165) is 13.3 Å². The van der Waals surface area contributed by atoms with Crippen LogP contribution in [0.15, 0.2) is 52.8 Å². The third-order valence-corrected chi connectivity index (χ3v) is 4.68. The normalized spacial score (nSPS) is 21.9. The summed E-state index contributed by atoms with van der Waals surface area (Å²) in [6.07, 6.45) is -3.28. The second-order valence-corrected chi connectivity index (χ2v) is 6.39. The van der Waals surface area contributed by atoms with Crippen molar-refractivity contribution in [2.24, 2.45) is 4.99 Å². The Kier molecular flexibility index (Phi) is 4.10.